The van der Waals surface area contributed by atoms with Gasteiger partial charge in [0.05, 0.1) is 12.7 Å². The van der Waals surface area contributed by atoms with Gasteiger partial charge in [0.15, 0.2) is 0 Å². The van der Waals surface area contributed by atoms with Gasteiger partial charge >= 0.3 is 0 Å². The van der Waals surface area contributed by atoms with Crippen LogP contribution in [0, 0.1) is 0 Å². The fourth-order valence-corrected chi connectivity index (χ4v) is 2.02. The second kappa shape index (κ2) is 6.64. The Balaban J connectivity index is 2.07. The Morgan fingerprint density at radius 1 is 1.10 bits per heavy atom. The molecule has 0 saturated heterocycles. The van der Waals surface area contributed by atoms with Crippen LogP contribution in [0.25, 0.3) is 0 Å². The molecule has 0 aliphatic carbocycles. The summed E-state index contributed by atoms with van der Waals surface area (Å²) < 4.78 is 5.15. The second-order valence-electron chi connectivity index (χ2n) is 4.15. The molecule has 2 aromatic carbocycles. The third-order valence-electron chi connectivity index (χ3n) is 2.77. The van der Waals surface area contributed by atoms with Crippen LogP contribution in [0.1, 0.15) is 15.9 Å². The highest BCUT2D eigenvalue weighted by molar-refractivity contribution is 6.31. The van der Waals surface area contributed by atoms with E-state index in [9.17, 15) is 4.79 Å². The van der Waals surface area contributed by atoms with Crippen molar-refractivity contribution in [3.63, 3.8) is 0 Å². The molecule has 2 rings (SSSR count). The minimum absolute atomic E-state index is 0.214. The zero-order valence-electron chi connectivity index (χ0n) is 10.8. The van der Waals surface area contributed by atoms with Gasteiger partial charge in [-0.05, 0) is 35.9 Å². The van der Waals surface area contributed by atoms with Gasteiger partial charge in [0.2, 0.25) is 0 Å². The van der Waals surface area contributed by atoms with Crippen molar-refractivity contribution in [2.24, 2.45) is 0 Å². The van der Waals surface area contributed by atoms with E-state index in [-0.39, 0.29) is 5.91 Å². The van der Waals surface area contributed by atoms with E-state index in [0.717, 1.165) is 5.56 Å². The van der Waals surface area contributed by atoms with Gasteiger partial charge in [-0.25, -0.2) is 0 Å². The number of methoxy groups -OCH3 is 1. The van der Waals surface area contributed by atoms with Crippen LogP contribution >= 0.6 is 23.2 Å². The van der Waals surface area contributed by atoms with Crippen LogP contribution in [0.4, 0.5) is 0 Å². The Labute approximate surface area is 127 Å². The normalized spacial score (nSPS) is 10.2. The quantitative estimate of drug-likeness (QED) is 0.929. The molecule has 0 aromatic heterocycles. The van der Waals surface area contributed by atoms with E-state index in [0.29, 0.717) is 27.9 Å². The fourth-order valence-electron chi connectivity index (χ4n) is 1.73. The number of hydrogen-bond donors (Lipinski definition) is 1. The van der Waals surface area contributed by atoms with Gasteiger partial charge in [-0.15, -0.1) is 0 Å². The average Bonchev–Trinajstić information content (AvgIpc) is 2.46. The molecule has 3 nitrogen and oxygen atoms in total. The largest absolute Gasteiger partial charge is 0.496 e. The zero-order chi connectivity index (χ0) is 14.5. The van der Waals surface area contributed by atoms with Crippen molar-refractivity contribution < 1.29 is 9.53 Å². The summed E-state index contributed by atoms with van der Waals surface area (Å²) in [6.07, 6.45) is 0. The van der Waals surface area contributed by atoms with Crippen LogP contribution in [-0.2, 0) is 6.54 Å². The molecule has 0 aliphatic rings. The summed E-state index contributed by atoms with van der Waals surface area (Å²) in [5, 5.41) is 4.01. The average molecular weight is 310 g/mol. The Bertz CT molecular complexity index is 612. The summed E-state index contributed by atoms with van der Waals surface area (Å²) >= 11 is 11.7. The SMILES string of the molecule is COc1cc(Cl)ccc1C(=O)NCc1ccc(Cl)cc1. The van der Waals surface area contributed by atoms with Gasteiger partial charge in [-0.2, -0.15) is 0 Å². The molecule has 0 spiro atoms. The van der Waals surface area contributed by atoms with E-state index in [1.165, 1.54) is 7.11 Å². The first kappa shape index (κ1) is 14.7. The molecule has 2 aromatic rings. The van der Waals surface area contributed by atoms with Crippen molar-refractivity contribution in [1.29, 1.82) is 0 Å². The maximum atomic E-state index is 12.1. The predicted molar refractivity (Wildman–Crippen MR) is 80.6 cm³/mol. The van der Waals surface area contributed by atoms with Gasteiger partial charge in [-0.1, -0.05) is 35.3 Å². The molecule has 20 heavy (non-hydrogen) atoms. The highest BCUT2D eigenvalue weighted by atomic mass is 35.5. The molecule has 1 N–H and O–H groups in total. The van der Waals surface area contributed by atoms with Gasteiger partial charge in [-0.3, -0.25) is 4.79 Å². The van der Waals surface area contributed by atoms with Crippen LogP contribution < -0.4 is 10.1 Å². The van der Waals surface area contributed by atoms with Crippen LogP contribution in [-0.4, -0.2) is 13.0 Å². The molecule has 5 heteroatoms. The third kappa shape index (κ3) is 3.65. The molecule has 0 fully saturated rings. The fraction of sp³-hybridized carbons (Fsp3) is 0.133. The lowest BCUT2D eigenvalue weighted by Gasteiger charge is -2.09. The number of nitrogens with one attached hydrogen (secondary N) is 1. The first-order valence-corrected chi connectivity index (χ1v) is 6.72. The topological polar surface area (TPSA) is 38.3 Å². The highest BCUT2D eigenvalue weighted by Gasteiger charge is 2.12. The number of ether oxygens (including phenoxy) is 1. The maximum Gasteiger partial charge on any atom is 0.255 e. The van der Waals surface area contributed by atoms with Crippen LogP contribution in [0.2, 0.25) is 10.0 Å². The lowest BCUT2D eigenvalue weighted by molar-refractivity contribution is 0.0948. The highest BCUT2D eigenvalue weighted by Crippen LogP contribution is 2.23. The number of halogens is 2. The van der Waals surface area contributed by atoms with E-state index in [4.69, 9.17) is 27.9 Å². The predicted octanol–water partition coefficient (Wildman–Crippen LogP) is 3.93. The number of benzene rings is 2. The number of amides is 1. The minimum Gasteiger partial charge on any atom is -0.496 e. The Kier molecular flexibility index (Phi) is 4.88. The molecular formula is C15H13Cl2NO2. The maximum absolute atomic E-state index is 12.1. The van der Waals surface area contributed by atoms with E-state index in [1.807, 2.05) is 12.1 Å². The van der Waals surface area contributed by atoms with E-state index < -0.39 is 0 Å². The molecular weight excluding hydrogens is 297 g/mol. The monoisotopic (exact) mass is 309 g/mol. The zero-order valence-corrected chi connectivity index (χ0v) is 12.3. The number of rotatable bonds is 4. The van der Waals surface area contributed by atoms with E-state index in [2.05, 4.69) is 5.32 Å². The summed E-state index contributed by atoms with van der Waals surface area (Å²) in [7, 11) is 1.50. The molecule has 0 radical (unpaired) electrons. The Hall–Kier alpha value is -1.71. The summed E-state index contributed by atoms with van der Waals surface area (Å²) in [6.45, 7) is 0.418. The molecule has 0 atom stereocenters. The van der Waals surface area contributed by atoms with Gasteiger partial charge in [0.25, 0.3) is 5.91 Å². The molecule has 0 heterocycles. The smallest absolute Gasteiger partial charge is 0.255 e. The summed E-state index contributed by atoms with van der Waals surface area (Å²) in [5.41, 5.74) is 1.42. The number of carbonyl (C=O) groups excluding carboxylic acids is 1. The minimum atomic E-state index is -0.214. The third-order valence-corrected chi connectivity index (χ3v) is 3.26. The van der Waals surface area contributed by atoms with Crippen molar-refractivity contribution in [1.82, 2.24) is 5.32 Å². The summed E-state index contributed by atoms with van der Waals surface area (Å²) in [4.78, 5) is 12.1. The standard InChI is InChI=1S/C15H13Cl2NO2/c1-20-14-8-12(17)6-7-13(14)15(19)18-9-10-2-4-11(16)5-3-10/h2-8H,9H2,1H3,(H,18,19). The number of carbonyl (C=O) groups is 1. The molecule has 0 saturated carbocycles. The van der Waals surface area contributed by atoms with E-state index in [1.54, 1.807) is 30.3 Å². The second-order valence-corrected chi connectivity index (χ2v) is 5.03. The van der Waals surface area contributed by atoms with Gasteiger partial charge in [0, 0.05) is 16.6 Å². The molecule has 0 bridgehead atoms. The van der Waals surface area contributed by atoms with Crippen molar-refractivity contribution in [3.8, 4) is 5.75 Å². The first-order valence-electron chi connectivity index (χ1n) is 5.96. The van der Waals surface area contributed by atoms with Crippen LogP contribution in [0.3, 0.4) is 0 Å². The molecule has 0 unspecified atom stereocenters. The lowest BCUT2D eigenvalue weighted by atomic mass is 10.1. The van der Waals surface area contributed by atoms with Crippen LogP contribution in [0.5, 0.6) is 5.75 Å². The van der Waals surface area contributed by atoms with Crippen molar-refractivity contribution >= 4 is 29.1 Å². The Morgan fingerprint density at radius 2 is 1.75 bits per heavy atom. The van der Waals surface area contributed by atoms with Crippen molar-refractivity contribution in [2.75, 3.05) is 7.11 Å². The first-order chi connectivity index (χ1) is 9.60. The van der Waals surface area contributed by atoms with Crippen molar-refractivity contribution in [3.05, 3.63) is 63.6 Å². The van der Waals surface area contributed by atoms with E-state index >= 15 is 0 Å². The summed E-state index contributed by atoms with van der Waals surface area (Å²) in [6, 6.07) is 12.2. The molecule has 104 valence electrons. The molecule has 1 amide bonds. The van der Waals surface area contributed by atoms with Crippen molar-refractivity contribution in [2.45, 2.75) is 6.54 Å². The summed E-state index contributed by atoms with van der Waals surface area (Å²) in [5.74, 6) is 0.236. The molecule has 0 aliphatic heterocycles. The van der Waals surface area contributed by atoms with Gasteiger partial charge < -0.3 is 10.1 Å². The van der Waals surface area contributed by atoms with Gasteiger partial charge in [0.1, 0.15) is 5.75 Å². The Morgan fingerprint density at radius 3 is 2.40 bits per heavy atom. The van der Waals surface area contributed by atoms with Crippen LogP contribution in [0.15, 0.2) is 42.5 Å². The number of hydrogen-bond acceptors (Lipinski definition) is 2. The lowest BCUT2D eigenvalue weighted by Crippen LogP contribution is -2.23.